The Kier molecular flexibility index (Phi) is 2.87. The summed E-state index contributed by atoms with van der Waals surface area (Å²) in [5.41, 5.74) is 0.556. The molecule has 1 N–H and O–H groups in total. The lowest BCUT2D eigenvalue weighted by Gasteiger charge is -2.04. The average Bonchev–Trinajstić information content (AvgIpc) is 2.61. The maximum atomic E-state index is 10.6. The van der Waals surface area contributed by atoms with Gasteiger partial charge in [-0.3, -0.25) is 4.79 Å². The predicted molar refractivity (Wildman–Crippen MR) is 63.2 cm³/mol. The Hall–Kier alpha value is -0.770. The average molecular weight is 261 g/mol. The van der Waals surface area contributed by atoms with E-state index in [0.717, 1.165) is 10.1 Å². The second-order valence-corrected chi connectivity index (χ2v) is 4.77. The molecule has 0 aliphatic carbocycles. The van der Waals surface area contributed by atoms with Gasteiger partial charge in [-0.2, -0.15) is 0 Å². The largest absolute Gasteiger partial charge is 0.481 e. The lowest BCUT2D eigenvalue weighted by molar-refractivity contribution is -0.136. The molecule has 78 valence electrons. The van der Waals surface area contributed by atoms with Crippen LogP contribution in [0, 0.1) is 0 Å². The van der Waals surface area contributed by atoms with Gasteiger partial charge in [0, 0.05) is 5.39 Å². The fraction of sp³-hybridized carbons (Fsp3) is 0.100. The van der Waals surface area contributed by atoms with Gasteiger partial charge in [-0.1, -0.05) is 23.2 Å². The number of halogens is 2. The second-order valence-electron chi connectivity index (χ2n) is 3.07. The van der Waals surface area contributed by atoms with E-state index in [9.17, 15) is 4.79 Å². The normalized spacial score (nSPS) is 10.8. The van der Waals surface area contributed by atoms with Gasteiger partial charge < -0.3 is 5.11 Å². The van der Waals surface area contributed by atoms with Gasteiger partial charge in [0.2, 0.25) is 0 Å². The summed E-state index contributed by atoms with van der Waals surface area (Å²) in [7, 11) is 0. The topological polar surface area (TPSA) is 37.3 Å². The van der Waals surface area contributed by atoms with Crippen LogP contribution >= 0.6 is 34.5 Å². The second kappa shape index (κ2) is 4.00. The first-order chi connectivity index (χ1) is 7.09. The third-order valence-electron chi connectivity index (χ3n) is 2.04. The van der Waals surface area contributed by atoms with Gasteiger partial charge in [-0.15, -0.1) is 11.3 Å². The molecule has 0 amide bonds. The molecule has 2 nitrogen and oxygen atoms in total. The van der Waals surface area contributed by atoms with Crippen molar-refractivity contribution in [3.05, 3.63) is 33.1 Å². The first kappa shape index (κ1) is 10.7. The van der Waals surface area contributed by atoms with Crippen molar-refractivity contribution in [1.29, 1.82) is 0 Å². The van der Waals surface area contributed by atoms with Crippen molar-refractivity contribution in [3.8, 4) is 0 Å². The number of thiophene rings is 1. The Morgan fingerprint density at radius 2 is 2.20 bits per heavy atom. The van der Waals surface area contributed by atoms with E-state index in [0.29, 0.717) is 15.6 Å². The molecule has 0 unspecified atom stereocenters. The van der Waals surface area contributed by atoms with Crippen molar-refractivity contribution in [3.63, 3.8) is 0 Å². The number of hydrogen-bond acceptors (Lipinski definition) is 2. The summed E-state index contributed by atoms with van der Waals surface area (Å²) in [4.78, 5) is 10.6. The molecule has 0 aliphatic heterocycles. The van der Waals surface area contributed by atoms with E-state index in [4.69, 9.17) is 28.3 Å². The van der Waals surface area contributed by atoms with Crippen molar-refractivity contribution >= 4 is 50.6 Å². The lowest BCUT2D eigenvalue weighted by Crippen LogP contribution is -2.00. The van der Waals surface area contributed by atoms with Crippen molar-refractivity contribution in [2.24, 2.45) is 0 Å². The maximum Gasteiger partial charge on any atom is 0.307 e. The highest BCUT2D eigenvalue weighted by Crippen LogP contribution is 2.36. The zero-order valence-corrected chi connectivity index (χ0v) is 9.79. The zero-order valence-electron chi connectivity index (χ0n) is 7.46. The van der Waals surface area contributed by atoms with Gasteiger partial charge in [0.25, 0.3) is 0 Å². The van der Waals surface area contributed by atoms with Crippen LogP contribution in [-0.4, -0.2) is 11.1 Å². The molecule has 1 aromatic carbocycles. The summed E-state index contributed by atoms with van der Waals surface area (Å²) in [5, 5.41) is 12.5. The molecule has 0 bridgehead atoms. The minimum atomic E-state index is -0.914. The molecule has 5 heteroatoms. The Bertz CT molecular complexity index is 533. The van der Waals surface area contributed by atoms with Crippen molar-refractivity contribution < 1.29 is 9.90 Å². The summed E-state index contributed by atoms with van der Waals surface area (Å²) in [5.74, 6) is -0.914. The molecule has 0 aliphatic rings. The first-order valence-electron chi connectivity index (χ1n) is 4.15. The van der Waals surface area contributed by atoms with E-state index in [-0.39, 0.29) is 6.42 Å². The maximum absolute atomic E-state index is 10.6. The van der Waals surface area contributed by atoms with E-state index >= 15 is 0 Å². The number of hydrogen-bond donors (Lipinski definition) is 1. The van der Waals surface area contributed by atoms with Gasteiger partial charge in [0.05, 0.1) is 21.2 Å². The van der Waals surface area contributed by atoms with Crippen LogP contribution < -0.4 is 0 Å². The smallest absolute Gasteiger partial charge is 0.307 e. The quantitative estimate of drug-likeness (QED) is 0.891. The fourth-order valence-corrected chi connectivity index (χ4v) is 2.92. The molecule has 0 saturated carbocycles. The first-order valence-corrected chi connectivity index (χ1v) is 5.79. The highest BCUT2D eigenvalue weighted by atomic mass is 35.5. The molecular weight excluding hydrogens is 255 g/mol. The van der Waals surface area contributed by atoms with Crippen LogP contribution in [-0.2, 0) is 11.2 Å². The monoisotopic (exact) mass is 260 g/mol. The molecule has 0 spiro atoms. The molecule has 0 fully saturated rings. The Morgan fingerprint density at radius 3 is 2.87 bits per heavy atom. The summed E-state index contributed by atoms with van der Waals surface area (Å²) in [6.45, 7) is 0. The number of rotatable bonds is 2. The van der Waals surface area contributed by atoms with Crippen molar-refractivity contribution in [1.82, 2.24) is 0 Å². The molecule has 1 aromatic heterocycles. The van der Waals surface area contributed by atoms with Crippen LogP contribution in [0.15, 0.2) is 17.5 Å². The van der Waals surface area contributed by atoms with Gasteiger partial charge in [0.15, 0.2) is 0 Å². The zero-order chi connectivity index (χ0) is 11.0. The molecule has 2 aromatic rings. The highest BCUT2D eigenvalue weighted by Gasteiger charge is 2.12. The lowest BCUT2D eigenvalue weighted by atomic mass is 10.1. The molecule has 0 saturated heterocycles. The SMILES string of the molecule is O=C(O)Cc1cc(Cl)c2sccc2c1Cl. The molecule has 0 radical (unpaired) electrons. The fourth-order valence-electron chi connectivity index (χ4n) is 1.41. The van der Waals surface area contributed by atoms with E-state index in [1.165, 1.54) is 11.3 Å². The van der Waals surface area contributed by atoms with Crippen molar-refractivity contribution in [2.75, 3.05) is 0 Å². The van der Waals surface area contributed by atoms with Gasteiger partial charge in [-0.05, 0) is 23.1 Å². The Labute approximate surface area is 100 Å². The Balaban J connectivity index is 2.65. The number of carboxylic acids is 1. The van der Waals surface area contributed by atoms with Crippen LogP contribution in [0.3, 0.4) is 0 Å². The summed E-state index contributed by atoms with van der Waals surface area (Å²) in [6.07, 6.45) is -0.107. The van der Waals surface area contributed by atoms with E-state index in [1.807, 2.05) is 11.4 Å². The molecule has 0 atom stereocenters. The molecular formula is C10H6Cl2O2S. The number of fused-ring (bicyclic) bond motifs is 1. The number of benzene rings is 1. The number of carbonyl (C=O) groups is 1. The third-order valence-corrected chi connectivity index (χ3v) is 3.85. The van der Waals surface area contributed by atoms with Crippen LogP contribution in [0.4, 0.5) is 0 Å². The van der Waals surface area contributed by atoms with Gasteiger partial charge in [0.1, 0.15) is 0 Å². The van der Waals surface area contributed by atoms with E-state index < -0.39 is 5.97 Å². The molecule has 1 heterocycles. The third kappa shape index (κ3) is 1.95. The van der Waals surface area contributed by atoms with Gasteiger partial charge in [-0.25, -0.2) is 0 Å². The Morgan fingerprint density at radius 1 is 1.47 bits per heavy atom. The summed E-state index contributed by atoms with van der Waals surface area (Å²) >= 11 is 13.6. The van der Waals surface area contributed by atoms with E-state index in [2.05, 4.69) is 0 Å². The molecule has 15 heavy (non-hydrogen) atoms. The minimum Gasteiger partial charge on any atom is -0.481 e. The number of carboxylic acid groups (broad SMARTS) is 1. The van der Waals surface area contributed by atoms with Crippen LogP contribution in [0.5, 0.6) is 0 Å². The van der Waals surface area contributed by atoms with Gasteiger partial charge >= 0.3 is 5.97 Å². The van der Waals surface area contributed by atoms with Crippen LogP contribution in [0.1, 0.15) is 5.56 Å². The number of aliphatic carboxylic acids is 1. The van der Waals surface area contributed by atoms with E-state index in [1.54, 1.807) is 6.07 Å². The standard InChI is InChI=1S/C10H6Cl2O2S/c11-7-3-5(4-8(13)14)9(12)6-1-2-15-10(6)7/h1-3H,4H2,(H,13,14). The summed E-state index contributed by atoms with van der Waals surface area (Å²) in [6, 6.07) is 3.47. The van der Waals surface area contributed by atoms with Crippen LogP contribution in [0.25, 0.3) is 10.1 Å². The minimum absolute atomic E-state index is 0.107. The highest BCUT2D eigenvalue weighted by molar-refractivity contribution is 7.18. The van der Waals surface area contributed by atoms with Crippen LogP contribution in [0.2, 0.25) is 10.0 Å². The predicted octanol–water partition coefficient (Wildman–Crippen LogP) is 3.84. The van der Waals surface area contributed by atoms with Crippen molar-refractivity contribution in [2.45, 2.75) is 6.42 Å². The molecule has 2 rings (SSSR count). The summed E-state index contributed by atoms with van der Waals surface area (Å²) < 4.78 is 0.899.